The Morgan fingerprint density at radius 3 is 2.49 bits per heavy atom. The van der Waals surface area contributed by atoms with E-state index in [4.69, 9.17) is 4.74 Å². The van der Waals surface area contributed by atoms with E-state index in [1.54, 1.807) is 36.4 Å². The minimum Gasteiger partial charge on any atom is -0.484 e. The minimum absolute atomic E-state index is 0.0120. The number of hydrazone groups is 1. The fourth-order valence-corrected chi connectivity index (χ4v) is 3.83. The largest absolute Gasteiger partial charge is 0.484 e. The quantitative estimate of drug-likeness (QED) is 0.276. The Bertz CT molecular complexity index is 1270. The number of hydrogen-bond donors (Lipinski definition) is 0. The summed E-state index contributed by atoms with van der Waals surface area (Å²) in [6.07, 6.45) is 1.16. The molecule has 0 aromatic heterocycles. The third-order valence-corrected chi connectivity index (χ3v) is 5.73. The Labute approximate surface area is 202 Å². The van der Waals surface area contributed by atoms with Gasteiger partial charge in [0.1, 0.15) is 12.0 Å². The molecule has 1 aliphatic heterocycles. The number of benzene rings is 3. The Morgan fingerprint density at radius 2 is 1.86 bits per heavy atom. The zero-order valence-electron chi connectivity index (χ0n) is 19.3. The normalized spacial score (nSPS) is 14.9. The van der Waals surface area contributed by atoms with E-state index in [0.717, 1.165) is 11.3 Å². The lowest BCUT2D eigenvalue weighted by molar-refractivity contribution is -0.384. The number of ether oxygens (including phenoxy) is 1. The van der Waals surface area contributed by atoms with Gasteiger partial charge < -0.3 is 9.64 Å². The molecule has 9 nitrogen and oxygen atoms in total. The van der Waals surface area contributed by atoms with E-state index in [0.29, 0.717) is 35.3 Å². The van der Waals surface area contributed by atoms with Crippen molar-refractivity contribution < 1.29 is 19.2 Å². The zero-order chi connectivity index (χ0) is 24.9. The highest BCUT2D eigenvalue weighted by Gasteiger charge is 2.33. The lowest BCUT2D eigenvalue weighted by Gasteiger charge is -2.23. The summed E-state index contributed by atoms with van der Waals surface area (Å²) in [7, 11) is 3.90. The summed E-state index contributed by atoms with van der Waals surface area (Å²) in [5.41, 5.74) is 3.74. The highest BCUT2D eigenvalue weighted by molar-refractivity contribution is 6.03. The second-order valence-electron chi connectivity index (χ2n) is 8.27. The van der Waals surface area contributed by atoms with Crippen molar-refractivity contribution in [1.82, 2.24) is 5.01 Å². The number of nitro benzene ring substituents is 1. The molecule has 35 heavy (non-hydrogen) atoms. The molecule has 0 bridgehead atoms. The summed E-state index contributed by atoms with van der Waals surface area (Å²) in [6.45, 7) is -0.258. The molecule has 0 N–H and O–H groups in total. The summed E-state index contributed by atoms with van der Waals surface area (Å²) in [4.78, 5) is 36.7. The van der Waals surface area contributed by atoms with E-state index < -0.39 is 4.92 Å². The smallest absolute Gasteiger partial charge is 0.281 e. The second kappa shape index (κ2) is 10.2. The lowest BCUT2D eigenvalue weighted by Crippen LogP contribution is -2.31. The van der Waals surface area contributed by atoms with E-state index in [2.05, 4.69) is 5.10 Å². The first-order valence-electron chi connectivity index (χ1n) is 11.0. The van der Waals surface area contributed by atoms with E-state index in [1.807, 2.05) is 43.3 Å². The molecular formula is C26H24N4O5. The molecule has 0 saturated heterocycles. The maximum absolute atomic E-state index is 13.2. The van der Waals surface area contributed by atoms with Crippen LogP contribution in [0.2, 0.25) is 0 Å². The lowest BCUT2D eigenvalue weighted by atomic mass is 9.98. The molecule has 0 spiro atoms. The Hall–Kier alpha value is -4.53. The van der Waals surface area contributed by atoms with E-state index in [1.165, 1.54) is 17.1 Å². The fraction of sp³-hybridized carbons (Fsp3) is 0.192. The van der Waals surface area contributed by atoms with Crippen molar-refractivity contribution in [3.05, 3.63) is 99.6 Å². The molecule has 0 fully saturated rings. The monoisotopic (exact) mass is 472 g/mol. The van der Waals surface area contributed by atoms with Crippen molar-refractivity contribution in [3.8, 4) is 5.75 Å². The van der Waals surface area contributed by atoms with Crippen LogP contribution in [0.3, 0.4) is 0 Å². The first-order valence-corrected chi connectivity index (χ1v) is 11.0. The first-order chi connectivity index (χ1) is 16.9. The average Bonchev–Trinajstić information content (AvgIpc) is 3.33. The van der Waals surface area contributed by atoms with Gasteiger partial charge in [-0.05, 0) is 47.5 Å². The van der Waals surface area contributed by atoms with Gasteiger partial charge in [-0.15, -0.1) is 0 Å². The topological polar surface area (TPSA) is 105 Å². The number of carbonyl (C=O) groups is 2. The van der Waals surface area contributed by atoms with Gasteiger partial charge in [0, 0.05) is 43.9 Å². The van der Waals surface area contributed by atoms with Crippen molar-refractivity contribution in [1.29, 1.82) is 0 Å². The number of nitrogens with zero attached hydrogens (tertiary/aromatic N) is 4. The molecule has 4 rings (SSSR count). The molecule has 1 aliphatic rings. The molecule has 3 aromatic rings. The third kappa shape index (κ3) is 5.35. The maximum Gasteiger partial charge on any atom is 0.281 e. The van der Waals surface area contributed by atoms with Gasteiger partial charge in [0.15, 0.2) is 6.61 Å². The minimum atomic E-state index is -0.456. The van der Waals surface area contributed by atoms with Crippen LogP contribution in [-0.2, 0) is 4.79 Å². The standard InChI is InChI=1S/C26H24N4O5/c1-28(2)21-10-8-20(9-11-21)25-15-24(19-6-12-22(13-7-19)30(33)34)27-29(25)26(32)17-35-23-5-3-4-18(14-23)16-31/h3-14,16,25H,15,17H2,1-2H3. The number of amides is 1. The van der Waals surface area contributed by atoms with Gasteiger partial charge in [-0.3, -0.25) is 19.7 Å². The van der Waals surface area contributed by atoms with Crippen molar-refractivity contribution in [3.63, 3.8) is 0 Å². The van der Waals surface area contributed by atoms with E-state index >= 15 is 0 Å². The molecule has 9 heteroatoms. The van der Waals surface area contributed by atoms with Gasteiger partial charge in [0.2, 0.25) is 0 Å². The van der Waals surface area contributed by atoms with Crippen LogP contribution in [0.1, 0.15) is 33.9 Å². The van der Waals surface area contributed by atoms with Gasteiger partial charge in [-0.25, -0.2) is 5.01 Å². The average molecular weight is 473 g/mol. The number of non-ortho nitro benzene ring substituents is 1. The summed E-state index contributed by atoms with van der Waals surface area (Å²) >= 11 is 0. The maximum atomic E-state index is 13.2. The molecule has 1 heterocycles. The van der Waals surface area contributed by atoms with Crippen molar-refractivity contribution in [2.45, 2.75) is 12.5 Å². The van der Waals surface area contributed by atoms with Crippen LogP contribution < -0.4 is 9.64 Å². The van der Waals surface area contributed by atoms with Crippen LogP contribution in [0, 0.1) is 10.1 Å². The van der Waals surface area contributed by atoms with E-state index in [9.17, 15) is 19.7 Å². The van der Waals surface area contributed by atoms with Crippen LogP contribution in [0.5, 0.6) is 5.75 Å². The highest BCUT2D eigenvalue weighted by Crippen LogP contribution is 2.34. The summed E-state index contributed by atoms with van der Waals surface area (Å²) in [5, 5.41) is 17.0. The van der Waals surface area contributed by atoms with Gasteiger partial charge >= 0.3 is 0 Å². The SMILES string of the molecule is CN(C)c1ccc(C2CC(c3ccc([N+](=O)[O-])cc3)=NN2C(=O)COc2cccc(C=O)c2)cc1. The fourth-order valence-electron chi connectivity index (χ4n) is 3.83. The third-order valence-electron chi connectivity index (χ3n) is 5.73. The molecule has 3 aromatic carbocycles. The predicted octanol–water partition coefficient (Wildman–Crippen LogP) is 4.23. The molecule has 1 unspecified atom stereocenters. The van der Waals surface area contributed by atoms with E-state index in [-0.39, 0.29) is 24.2 Å². The Morgan fingerprint density at radius 1 is 1.14 bits per heavy atom. The molecule has 0 saturated carbocycles. The van der Waals surface area contributed by atoms with Crippen molar-refractivity contribution in [2.24, 2.45) is 5.10 Å². The first kappa shape index (κ1) is 23.6. The van der Waals surface area contributed by atoms with Gasteiger partial charge in [0.05, 0.1) is 16.7 Å². The molecule has 0 aliphatic carbocycles. The molecule has 0 radical (unpaired) electrons. The van der Waals surface area contributed by atoms with Gasteiger partial charge in [-0.1, -0.05) is 24.3 Å². The summed E-state index contributed by atoms with van der Waals surface area (Å²) < 4.78 is 5.64. The number of aldehydes is 1. The van der Waals surface area contributed by atoms with Gasteiger partial charge in [-0.2, -0.15) is 5.10 Å². The number of carbonyl (C=O) groups excluding carboxylic acids is 2. The van der Waals surface area contributed by atoms with Crippen LogP contribution in [0.4, 0.5) is 11.4 Å². The number of anilines is 1. The summed E-state index contributed by atoms with van der Waals surface area (Å²) in [6, 6.07) is 20.2. The molecule has 1 amide bonds. The van der Waals surface area contributed by atoms with Crippen molar-refractivity contribution in [2.75, 3.05) is 25.6 Å². The predicted molar refractivity (Wildman–Crippen MR) is 132 cm³/mol. The Balaban J connectivity index is 1.59. The van der Waals surface area contributed by atoms with Gasteiger partial charge in [0.25, 0.3) is 11.6 Å². The van der Waals surface area contributed by atoms with Crippen molar-refractivity contribution >= 4 is 29.3 Å². The van der Waals surface area contributed by atoms with Crippen LogP contribution in [0.25, 0.3) is 0 Å². The second-order valence-corrected chi connectivity index (χ2v) is 8.27. The van der Waals surface area contributed by atoms with Crippen LogP contribution in [-0.4, -0.2) is 48.5 Å². The number of hydrogen-bond acceptors (Lipinski definition) is 7. The van der Waals surface area contributed by atoms with Crippen LogP contribution in [0.15, 0.2) is 77.9 Å². The Kier molecular flexibility index (Phi) is 6.86. The highest BCUT2D eigenvalue weighted by atomic mass is 16.6. The molecular weight excluding hydrogens is 448 g/mol. The summed E-state index contributed by atoms with van der Waals surface area (Å²) in [5.74, 6) is 0.0636. The molecule has 1 atom stereocenters. The molecule has 178 valence electrons. The van der Waals surface area contributed by atoms with Crippen LogP contribution >= 0.6 is 0 Å². The number of nitro groups is 1. The zero-order valence-corrected chi connectivity index (χ0v) is 19.3. The number of rotatable bonds is 8.